The van der Waals surface area contributed by atoms with Gasteiger partial charge in [0.1, 0.15) is 0 Å². The van der Waals surface area contributed by atoms with Crippen molar-refractivity contribution in [2.45, 2.75) is 38.3 Å². The van der Waals surface area contributed by atoms with E-state index < -0.39 is 0 Å². The number of nitrogens with one attached hydrogen (secondary N) is 1. The third-order valence-corrected chi connectivity index (χ3v) is 5.65. The number of methoxy groups -OCH3 is 1. The van der Waals surface area contributed by atoms with E-state index in [1.165, 1.54) is 7.11 Å². The van der Waals surface area contributed by atoms with Gasteiger partial charge in [0.05, 0.1) is 31.8 Å². The number of hydrogen-bond acceptors (Lipinski definition) is 6. The van der Waals surface area contributed by atoms with Crippen LogP contribution in [0.3, 0.4) is 0 Å². The number of carbonyl (C=O) groups excluding carboxylic acids is 2. The second-order valence-corrected chi connectivity index (χ2v) is 7.46. The third-order valence-electron chi connectivity index (χ3n) is 5.65. The molecular weight excluding hydrogens is 344 g/mol. The van der Waals surface area contributed by atoms with Gasteiger partial charge in [-0.15, -0.1) is 0 Å². The lowest BCUT2D eigenvalue weighted by atomic mass is 9.93. The van der Waals surface area contributed by atoms with Crippen LogP contribution in [0.2, 0.25) is 0 Å². The summed E-state index contributed by atoms with van der Waals surface area (Å²) in [6, 6.07) is 6.24. The number of amides is 1. The van der Waals surface area contributed by atoms with Crippen LogP contribution in [0.1, 0.15) is 31.4 Å². The summed E-state index contributed by atoms with van der Waals surface area (Å²) in [6.45, 7) is 4.57. The summed E-state index contributed by atoms with van der Waals surface area (Å²) < 4.78 is 4.75. The van der Waals surface area contributed by atoms with Crippen molar-refractivity contribution in [3.05, 3.63) is 30.1 Å². The van der Waals surface area contributed by atoms with Crippen molar-refractivity contribution in [1.82, 2.24) is 20.1 Å². The lowest BCUT2D eigenvalue weighted by molar-refractivity contribution is -0.142. The van der Waals surface area contributed by atoms with Crippen LogP contribution in [0, 0.1) is 5.92 Å². The van der Waals surface area contributed by atoms with Crippen LogP contribution in [-0.4, -0.2) is 72.5 Å². The fraction of sp³-hybridized carbons (Fsp3) is 0.650. The van der Waals surface area contributed by atoms with E-state index in [-0.39, 0.29) is 17.8 Å². The van der Waals surface area contributed by atoms with Gasteiger partial charge in [-0.3, -0.25) is 24.4 Å². The zero-order valence-corrected chi connectivity index (χ0v) is 16.1. The first kappa shape index (κ1) is 19.8. The summed E-state index contributed by atoms with van der Waals surface area (Å²) in [6.07, 6.45) is 5.84. The largest absolute Gasteiger partial charge is 0.468 e. The van der Waals surface area contributed by atoms with Gasteiger partial charge in [-0.25, -0.2) is 0 Å². The fourth-order valence-corrected chi connectivity index (χ4v) is 4.07. The number of rotatable bonds is 6. The van der Waals surface area contributed by atoms with Crippen molar-refractivity contribution in [3.8, 4) is 0 Å². The van der Waals surface area contributed by atoms with Crippen LogP contribution in [0.25, 0.3) is 0 Å². The summed E-state index contributed by atoms with van der Waals surface area (Å²) >= 11 is 0. The van der Waals surface area contributed by atoms with Crippen molar-refractivity contribution < 1.29 is 14.3 Å². The highest BCUT2D eigenvalue weighted by Gasteiger charge is 2.31. The summed E-state index contributed by atoms with van der Waals surface area (Å²) in [5.74, 6) is 0.0140. The van der Waals surface area contributed by atoms with Crippen molar-refractivity contribution in [2.24, 2.45) is 5.92 Å². The minimum atomic E-state index is -0.170. The predicted octanol–water partition coefficient (Wildman–Crippen LogP) is 1.05. The summed E-state index contributed by atoms with van der Waals surface area (Å²) in [5.41, 5.74) is 0.886. The number of hydrogen-bond donors (Lipinski definition) is 1. The van der Waals surface area contributed by atoms with Crippen LogP contribution >= 0.6 is 0 Å². The number of carbonyl (C=O) groups is 2. The van der Waals surface area contributed by atoms with Gasteiger partial charge < -0.3 is 10.1 Å². The molecule has 2 fully saturated rings. The van der Waals surface area contributed by atoms with E-state index in [9.17, 15) is 9.59 Å². The fourth-order valence-electron chi connectivity index (χ4n) is 4.07. The van der Waals surface area contributed by atoms with Crippen LogP contribution in [0.15, 0.2) is 24.4 Å². The molecule has 7 heteroatoms. The quantitative estimate of drug-likeness (QED) is 0.750. The van der Waals surface area contributed by atoms with Crippen molar-refractivity contribution >= 4 is 11.9 Å². The molecule has 0 spiro atoms. The second-order valence-electron chi connectivity index (χ2n) is 7.46. The molecule has 1 aromatic rings. The highest BCUT2D eigenvalue weighted by molar-refractivity contribution is 5.78. The van der Waals surface area contributed by atoms with E-state index in [0.717, 1.165) is 57.6 Å². The van der Waals surface area contributed by atoms with E-state index in [4.69, 9.17) is 4.74 Å². The maximum Gasteiger partial charge on any atom is 0.319 e. The Bertz CT molecular complexity index is 617. The third kappa shape index (κ3) is 5.74. The van der Waals surface area contributed by atoms with Crippen LogP contribution < -0.4 is 5.32 Å². The molecule has 1 aromatic heterocycles. The van der Waals surface area contributed by atoms with Crippen molar-refractivity contribution in [3.63, 3.8) is 0 Å². The first-order valence-electron chi connectivity index (χ1n) is 9.86. The molecule has 0 aliphatic carbocycles. The van der Waals surface area contributed by atoms with Crippen molar-refractivity contribution in [1.29, 1.82) is 0 Å². The summed E-state index contributed by atoms with van der Waals surface area (Å²) in [5, 5.41) is 3.04. The van der Waals surface area contributed by atoms with Crippen LogP contribution in [-0.2, 0) is 20.9 Å². The lowest BCUT2D eigenvalue weighted by Gasteiger charge is -2.41. The molecule has 2 aliphatic heterocycles. The topological polar surface area (TPSA) is 74.8 Å². The first-order chi connectivity index (χ1) is 13.2. The molecule has 0 bridgehead atoms. The molecule has 7 nitrogen and oxygen atoms in total. The van der Waals surface area contributed by atoms with E-state index in [1.54, 1.807) is 6.20 Å². The van der Waals surface area contributed by atoms with E-state index >= 15 is 0 Å². The van der Waals surface area contributed by atoms with Gasteiger partial charge in [0.2, 0.25) is 5.91 Å². The number of likely N-dealkylation sites (tertiary alicyclic amines) is 2. The smallest absolute Gasteiger partial charge is 0.319 e. The Morgan fingerprint density at radius 3 is 2.74 bits per heavy atom. The number of pyridine rings is 1. The molecule has 1 amide bonds. The van der Waals surface area contributed by atoms with Gasteiger partial charge in [-0.1, -0.05) is 6.07 Å². The molecule has 3 heterocycles. The predicted molar refractivity (Wildman–Crippen MR) is 102 cm³/mol. The minimum Gasteiger partial charge on any atom is -0.468 e. The number of esters is 1. The molecule has 2 aliphatic rings. The van der Waals surface area contributed by atoms with Gasteiger partial charge in [0.25, 0.3) is 0 Å². The zero-order chi connectivity index (χ0) is 19.1. The molecule has 1 N–H and O–H groups in total. The maximum absolute atomic E-state index is 12.6. The highest BCUT2D eigenvalue weighted by Crippen LogP contribution is 2.24. The van der Waals surface area contributed by atoms with E-state index in [2.05, 4.69) is 20.1 Å². The molecule has 0 aromatic carbocycles. The Hall–Kier alpha value is -1.99. The monoisotopic (exact) mass is 374 g/mol. The van der Waals surface area contributed by atoms with Gasteiger partial charge in [-0.2, -0.15) is 0 Å². The Labute approximate surface area is 161 Å². The normalized spacial score (nSPS) is 22.3. The second kappa shape index (κ2) is 9.80. The van der Waals surface area contributed by atoms with Crippen LogP contribution in [0.5, 0.6) is 0 Å². The van der Waals surface area contributed by atoms with E-state index in [0.29, 0.717) is 19.1 Å². The molecule has 27 heavy (non-hydrogen) atoms. The molecule has 1 atom stereocenters. The summed E-state index contributed by atoms with van der Waals surface area (Å²) in [4.78, 5) is 32.9. The standard InChI is InChI=1S/C20H30N4O3/c1-27-19(25)15-23-11-7-18(8-12-23)24-10-4-5-16(14-24)20(26)22-13-17-6-2-3-9-21-17/h2-3,6,9,16,18H,4-5,7-8,10-15H2,1H3,(H,22,26)/t16-/m1/s1. The minimum absolute atomic E-state index is 0.0514. The average Bonchev–Trinajstić information content (AvgIpc) is 2.73. The Kier molecular flexibility index (Phi) is 7.18. The van der Waals surface area contributed by atoms with Gasteiger partial charge >= 0.3 is 5.97 Å². The summed E-state index contributed by atoms with van der Waals surface area (Å²) in [7, 11) is 1.43. The van der Waals surface area contributed by atoms with E-state index in [1.807, 2.05) is 18.2 Å². The molecule has 0 saturated carbocycles. The van der Waals surface area contributed by atoms with Gasteiger partial charge in [-0.05, 0) is 44.4 Å². The Morgan fingerprint density at radius 2 is 2.04 bits per heavy atom. The first-order valence-corrected chi connectivity index (χ1v) is 9.86. The maximum atomic E-state index is 12.6. The van der Waals surface area contributed by atoms with Crippen LogP contribution in [0.4, 0.5) is 0 Å². The molecule has 0 radical (unpaired) electrons. The molecule has 2 saturated heterocycles. The van der Waals surface area contributed by atoms with Crippen molar-refractivity contribution in [2.75, 3.05) is 39.8 Å². The zero-order valence-electron chi connectivity index (χ0n) is 16.1. The highest BCUT2D eigenvalue weighted by atomic mass is 16.5. The molecular formula is C20H30N4O3. The average molecular weight is 374 g/mol. The molecule has 148 valence electrons. The Balaban J connectivity index is 1.44. The SMILES string of the molecule is COC(=O)CN1CCC(N2CCC[C@@H](C(=O)NCc3ccccn3)C2)CC1. The molecule has 0 unspecified atom stereocenters. The number of aromatic nitrogens is 1. The van der Waals surface area contributed by atoms with Gasteiger partial charge in [0.15, 0.2) is 0 Å². The Morgan fingerprint density at radius 1 is 1.22 bits per heavy atom. The number of piperidine rings is 2. The van der Waals surface area contributed by atoms with Gasteiger partial charge in [0, 0.05) is 31.9 Å². The number of ether oxygens (including phenoxy) is 1. The molecule has 3 rings (SSSR count). The number of nitrogens with zero attached hydrogens (tertiary/aromatic N) is 3. The lowest BCUT2D eigenvalue weighted by Crippen LogP contribution is -2.51.